The van der Waals surface area contributed by atoms with Gasteiger partial charge in [-0.15, -0.1) is 0 Å². The van der Waals surface area contributed by atoms with Gasteiger partial charge in [-0.3, -0.25) is 4.79 Å². The number of ketones is 1. The molecule has 1 saturated carbocycles. The number of carbonyl (C=O) groups is 1. The van der Waals surface area contributed by atoms with Crippen molar-refractivity contribution in [3.05, 3.63) is 30.2 Å². The first kappa shape index (κ1) is 12.8. The van der Waals surface area contributed by atoms with Gasteiger partial charge in [0.05, 0.1) is 0 Å². The van der Waals surface area contributed by atoms with Gasteiger partial charge < -0.3 is 9.63 Å². The average molecular weight is 272 g/mol. The Kier molecular flexibility index (Phi) is 3.26. The van der Waals surface area contributed by atoms with Crippen molar-refractivity contribution < 1.29 is 14.4 Å². The monoisotopic (exact) mass is 272 g/mol. The van der Waals surface area contributed by atoms with Gasteiger partial charge in [0, 0.05) is 24.3 Å². The third-order valence-corrected chi connectivity index (χ3v) is 3.83. The van der Waals surface area contributed by atoms with Crippen LogP contribution in [0.2, 0.25) is 0 Å². The molecule has 0 bridgehead atoms. The fraction of sp³-hybridized carbons (Fsp3) is 0.400. The number of hydrogen-bond acceptors (Lipinski definition) is 5. The lowest BCUT2D eigenvalue weighted by atomic mass is 9.80. The van der Waals surface area contributed by atoms with Gasteiger partial charge in [0.25, 0.3) is 0 Å². The Morgan fingerprint density at radius 3 is 3.00 bits per heavy atom. The van der Waals surface area contributed by atoms with Gasteiger partial charge in [-0.25, -0.2) is 0 Å². The molecular formula is C15H16N2O3. The highest BCUT2D eigenvalue weighted by Gasteiger charge is 2.31. The van der Waals surface area contributed by atoms with E-state index >= 15 is 0 Å². The van der Waals surface area contributed by atoms with E-state index in [-0.39, 0.29) is 17.6 Å². The summed E-state index contributed by atoms with van der Waals surface area (Å²) in [5.74, 6) is 1.91. The SMILES string of the molecule is CC1CC(=O)CCC1c1nc(-c2cccc(O)c2)no1. The van der Waals surface area contributed by atoms with E-state index in [9.17, 15) is 9.90 Å². The van der Waals surface area contributed by atoms with E-state index in [1.807, 2.05) is 13.0 Å². The fourth-order valence-electron chi connectivity index (χ4n) is 2.72. The van der Waals surface area contributed by atoms with Gasteiger partial charge in [0.15, 0.2) is 0 Å². The van der Waals surface area contributed by atoms with E-state index in [2.05, 4.69) is 10.1 Å². The van der Waals surface area contributed by atoms with Crippen LogP contribution in [0.4, 0.5) is 0 Å². The van der Waals surface area contributed by atoms with E-state index in [0.717, 1.165) is 12.0 Å². The van der Waals surface area contributed by atoms with Crippen LogP contribution < -0.4 is 0 Å². The summed E-state index contributed by atoms with van der Waals surface area (Å²) in [6.07, 6.45) is 1.93. The minimum Gasteiger partial charge on any atom is -0.508 e. The first-order chi connectivity index (χ1) is 9.63. The summed E-state index contributed by atoms with van der Waals surface area (Å²) in [6.45, 7) is 2.04. The zero-order valence-electron chi connectivity index (χ0n) is 11.2. The van der Waals surface area contributed by atoms with Gasteiger partial charge in [-0.1, -0.05) is 24.2 Å². The Hall–Kier alpha value is -2.17. The van der Waals surface area contributed by atoms with Crippen LogP contribution in [-0.4, -0.2) is 21.0 Å². The summed E-state index contributed by atoms with van der Waals surface area (Å²) in [5.41, 5.74) is 0.722. The molecule has 1 aromatic carbocycles. The van der Waals surface area contributed by atoms with E-state index in [0.29, 0.717) is 30.3 Å². The Balaban J connectivity index is 1.85. The second kappa shape index (κ2) is 5.07. The van der Waals surface area contributed by atoms with Crippen molar-refractivity contribution in [2.24, 2.45) is 5.92 Å². The molecule has 0 spiro atoms. The topological polar surface area (TPSA) is 76.2 Å². The Morgan fingerprint density at radius 1 is 1.40 bits per heavy atom. The van der Waals surface area contributed by atoms with Crippen molar-refractivity contribution in [3.63, 3.8) is 0 Å². The number of aromatic nitrogens is 2. The summed E-state index contributed by atoms with van der Waals surface area (Å²) in [7, 11) is 0. The number of benzene rings is 1. The molecule has 2 aromatic rings. The molecule has 20 heavy (non-hydrogen) atoms. The molecule has 0 radical (unpaired) electrons. The highest BCUT2D eigenvalue weighted by Crippen LogP contribution is 2.36. The number of Topliss-reactive ketones (excluding diaryl/α,β-unsaturated/α-hetero) is 1. The molecule has 2 atom stereocenters. The molecular weight excluding hydrogens is 256 g/mol. The number of phenolic OH excluding ortho intramolecular Hbond substituents is 1. The van der Waals surface area contributed by atoms with Crippen molar-refractivity contribution in [1.82, 2.24) is 10.1 Å². The highest BCUT2D eigenvalue weighted by atomic mass is 16.5. The molecule has 0 aliphatic heterocycles. The maximum Gasteiger partial charge on any atom is 0.230 e. The quantitative estimate of drug-likeness (QED) is 0.909. The molecule has 5 heteroatoms. The summed E-state index contributed by atoms with van der Waals surface area (Å²) in [4.78, 5) is 15.8. The number of carbonyl (C=O) groups excluding carboxylic acids is 1. The van der Waals surface area contributed by atoms with Crippen LogP contribution in [0.1, 0.15) is 38.0 Å². The average Bonchev–Trinajstić information content (AvgIpc) is 2.88. The zero-order valence-corrected chi connectivity index (χ0v) is 11.2. The molecule has 1 fully saturated rings. The summed E-state index contributed by atoms with van der Waals surface area (Å²) >= 11 is 0. The van der Waals surface area contributed by atoms with Crippen LogP contribution in [0, 0.1) is 5.92 Å². The largest absolute Gasteiger partial charge is 0.508 e. The van der Waals surface area contributed by atoms with Gasteiger partial charge in [-0.2, -0.15) is 4.98 Å². The van der Waals surface area contributed by atoms with E-state index in [4.69, 9.17) is 4.52 Å². The van der Waals surface area contributed by atoms with E-state index < -0.39 is 0 Å². The predicted molar refractivity (Wildman–Crippen MR) is 72.2 cm³/mol. The number of nitrogens with zero attached hydrogens (tertiary/aromatic N) is 2. The first-order valence-electron chi connectivity index (χ1n) is 6.78. The van der Waals surface area contributed by atoms with E-state index in [1.54, 1.807) is 18.2 Å². The van der Waals surface area contributed by atoms with E-state index in [1.165, 1.54) is 0 Å². The van der Waals surface area contributed by atoms with Crippen LogP contribution >= 0.6 is 0 Å². The lowest BCUT2D eigenvalue weighted by molar-refractivity contribution is -0.121. The molecule has 1 aliphatic rings. The van der Waals surface area contributed by atoms with Crippen molar-refractivity contribution in [2.75, 3.05) is 0 Å². The molecule has 104 valence electrons. The summed E-state index contributed by atoms with van der Waals surface area (Å²) < 4.78 is 5.35. The normalized spacial score (nSPS) is 22.9. The molecule has 1 aromatic heterocycles. The number of aromatic hydroxyl groups is 1. The van der Waals surface area contributed by atoms with Crippen molar-refractivity contribution >= 4 is 5.78 Å². The van der Waals surface area contributed by atoms with Gasteiger partial charge >= 0.3 is 0 Å². The van der Waals surface area contributed by atoms with Gasteiger partial charge in [0.1, 0.15) is 11.5 Å². The molecule has 1 aliphatic carbocycles. The van der Waals surface area contributed by atoms with Gasteiger partial charge in [-0.05, 0) is 24.5 Å². The van der Waals surface area contributed by atoms with Crippen molar-refractivity contribution in [3.8, 4) is 17.1 Å². The standard InChI is InChI=1S/C15H16N2O3/c1-9-7-12(19)5-6-13(9)15-16-14(17-20-15)10-3-2-4-11(18)8-10/h2-4,8-9,13,18H,5-7H2,1H3. The van der Waals surface area contributed by atoms with Crippen LogP contribution in [0.15, 0.2) is 28.8 Å². The second-order valence-corrected chi connectivity index (χ2v) is 5.37. The number of phenols is 1. The van der Waals surface area contributed by atoms with Crippen molar-refractivity contribution in [1.29, 1.82) is 0 Å². The molecule has 3 rings (SSSR count). The lowest BCUT2D eigenvalue weighted by Crippen LogP contribution is -2.21. The van der Waals surface area contributed by atoms with Crippen LogP contribution in [0.3, 0.4) is 0 Å². The van der Waals surface area contributed by atoms with Crippen LogP contribution in [0.25, 0.3) is 11.4 Å². The molecule has 2 unspecified atom stereocenters. The van der Waals surface area contributed by atoms with Crippen molar-refractivity contribution in [2.45, 2.75) is 32.1 Å². The maximum absolute atomic E-state index is 11.4. The smallest absolute Gasteiger partial charge is 0.230 e. The Labute approximate surface area is 116 Å². The Morgan fingerprint density at radius 2 is 2.25 bits per heavy atom. The van der Waals surface area contributed by atoms with Crippen LogP contribution in [-0.2, 0) is 4.79 Å². The zero-order chi connectivity index (χ0) is 14.1. The molecule has 0 amide bonds. The lowest BCUT2D eigenvalue weighted by Gasteiger charge is -2.24. The third-order valence-electron chi connectivity index (χ3n) is 3.83. The molecule has 5 nitrogen and oxygen atoms in total. The number of rotatable bonds is 2. The molecule has 0 saturated heterocycles. The van der Waals surface area contributed by atoms with Gasteiger partial charge in [0.2, 0.25) is 11.7 Å². The predicted octanol–water partition coefficient (Wildman–Crippen LogP) is 2.91. The minimum atomic E-state index is 0.145. The minimum absolute atomic E-state index is 0.145. The Bertz CT molecular complexity index is 636. The molecule has 1 heterocycles. The third kappa shape index (κ3) is 2.43. The second-order valence-electron chi connectivity index (χ2n) is 5.37. The summed E-state index contributed by atoms with van der Waals surface area (Å²) in [6, 6.07) is 6.76. The first-order valence-corrected chi connectivity index (χ1v) is 6.78. The maximum atomic E-state index is 11.4. The molecule has 1 N–H and O–H groups in total. The summed E-state index contributed by atoms with van der Waals surface area (Å²) in [5, 5.41) is 13.5. The highest BCUT2D eigenvalue weighted by molar-refractivity contribution is 5.79. The fourth-order valence-corrected chi connectivity index (χ4v) is 2.72. The number of hydrogen-bond donors (Lipinski definition) is 1. The van der Waals surface area contributed by atoms with Crippen LogP contribution in [0.5, 0.6) is 5.75 Å².